The van der Waals surface area contributed by atoms with Crippen LogP contribution in [0.1, 0.15) is 22.9 Å². The minimum absolute atomic E-state index is 0.0136. The maximum Gasteiger partial charge on any atom is 0.316 e. The van der Waals surface area contributed by atoms with Gasteiger partial charge in [-0.25, -0.2) is 4.68 Å². The van der Waals surface area contributed by atoms with Crippen molar-refractivity contribution in [1.29, 1.82) is 0 Å². The summed E-state index contributed by atoms with van der Waals surface area (Å²) in [6, 6.07) is 12.7. The van der Waals surface area contributed by atoms with Crippen LogP contribution in [-0.4, -0.2) is 81.9 Å². The van der Waals surface area contributed by atoms with Gasteiger partial charge in [-0.1, -0.05) is 35.5 Å². The third-order valence-electron chi connectivity index (χ3n) is 5.42. The van der Waals surface area contributed by atoms with Gasteiger partial charge in [0.05, 0.1) is 5.69 Å². The summed E-state index contributed by atoms with van der Waals surface area (Å²) >= 11 is 0. The van der Waals surface area contributed by atoms with Crippen molar-refractivity contribution in [2.75, 3.05) is 46.3 Å². The van der Waals surface area contributed by atoms with Gasteiger partial charge in [0.2, 0.25) is 0 Å². The van der Waals surface area contributed by atoms with E-state index in [0.717, 1.165) is 44.7 Å². The molecule has 10 heteroatoms. The van der Waals surface area contributed by atoms with Crippen molar-refractivity contribution in [2.24, 2.45) is 0 Å². The molecule has 0 radical (unpaired) electrons. The van der Waals surface area contributed by atoms with E-state index >= 15 is 0 Å². The van der Waals surface area contributed by atoms with Crippen LogP contribution in [0.25, 0.3) is 11.3 Å². The predicted molar refractivity (Wildman–Crippen MR) is 118 cm³/mol. The van der Waals surface area contributed by atoms with Gasteiger partial charge in [-0.2, -0.15) is 10.1 Å². The molecule has 1 aromatic carbocycles. The highest BCUT2D eigenvalue weighted by Gasteiger charge is 2.17. The summed E-state index contributed by atoms with van der Waals surface area (Å²) in [5.41, 5.74) is 1.27. The molecule has 1 N–H and O–H groups in total. The summed E-state index contributed by atoms with van der Waals surface area (Å²) in [6.45, 7) is 5.73. The van der Waals surface area contributed by atoms with Crippen molar-refractivity contribution in [2.45, 2.75) is 13.0 Å². The Kier molecular flexibility index (Phi) is 7.03. The molecule has 0 aliphatic carbocycles. The highest BCUT2D eigenvalue weighted by molar-refractivity contribution is 5.89. The number of nitrogens with zero attached hydrogens (tertiary/aromatic N) is 6. The van der Waals surface area contributed by atoms with Crippen LogP contribution in [0.4, 0.5) is 0 Å². The molecule has 0 unspecified atom stereocenters. The molecule has 0 atom stereocenters. The second-order valence-corrected chi connectivity index (χ2v) is 7.85. The highest BCUT2D eigenvalue weighted by atomic mass is 16.5. The lowest BCUT2D eigenvalue weighted by Crippen LogP contribution is -2.45. The first-order valence-corrected chi connectivity index (χ1v) is 10.7. The van der Waals surface area contributed by atoms with Crippen LogP contribution in [0.15, 0.2) is 51.8 Å². The standard InChI is InChI=1S/C22H27N7O3/c1-27-12-14-28(15-13-27)11-5-10-23-21(31)22-24-19(26-32-22)16-29-20(30)9-8-18(25-29)17-6-3-2-4-7-17/h2-4,6-9H,5,10-16H2,1H3,(H,23,31). The van der Waals surface area contributed by atoms with E-state index in [9.17, 15) is 9.59 Å². The van der Waals surface area contributed by atoms with Gasteiger partial charge in [0, 0.05) is 44.4 Å². The maximum atomic E-state index is 12.3. The molecule has 1 saturated heterocycles. The summed E-state index contributed by atoms with van der Waals surface area (Å²) in [7, 11) is 2.13. The molecular formula is C22H27N7O3. The second kappa shape index (κ2) is 10.3. The zero-order chi connectivity index (χ0) is 22.3. The van der Waals surface area contributed by atoms with E-state index in [0.29, 0.717) is 12.2 Å². The molecule has 168 valence electrons. The Labute approximate surface area is 185 Å². The van der Waals surface area contributed by atoms with Crippen molar-refractivity contribution in [3.05, 3.63) is 64.5 Å². The summed E-state index contributed by atoms with van der Waals surface area (Å²) in [4.78, 5) is 33.3. The van der Waals surface area contributed by atoms with Crippen LogP contribution >= 0.6 is 0 Å². The Hall–Kier alpha value is -3.37. The molecule has 0 saturated carbocycles. The van der Waals surface area contributed by atoms with Gasteiger partial charge in [0.15, 0.2) is 5.82 Å². The van der Waals surface area contributed by atoms with Gasteiger partial charge >= 0.3 is 11.8 Å². The lowest BCUT2D eigenvalue weighted by Gasteiger charge is -2.32. The quantitative estimate of drug-likeness (QED) is 0.513. The van der Waals surface area contributed by atoms with E-state index in [4.69, 9.17) is 4.52 Å². The van der Waals surface area contributed by atoms with Crippen LogP contribution in [0, 0.1) is 0 Å². The van der Waals surface area contributed by atoms with E-state index in [1.165, 1.54) is 10.7 Å². The van der Waals surface area contributed by atoms with Crippen molar-refractivity contribution in [3.63, 3.8) is 0 Å². The smallest absolute Gasteiger partial charge is 0.316 e. The number of carbonyl (C=O) groups is 1. The minimum Gasteiger partial charge on any atom is -0.348 e. The topological polar surface area (TPSA) is 109 Å². The number of hydrogen-bond donors (Lipinski definition) is 1. The molecule has 0 bridgehead atoms. The Morgan fingerprint density at radius 2 is 1.88 bits per heavy atom. The summed E-state index contributed by atoms with van der Waals surface area (Å²) in [6.07, 6.45) is 0.849. The second-order valence-electron chi connectivity index (χ2n) is 7.85. The largest absolute Gasteiger partial charge is 0.348 e. The molecule has 10 nitrogen and oxygen atoms in total. The number of amides is 1. The molecule has 32 heavy (non-hydrogen) atoms. The normalized spacial score (nSPS) is 15.0. The van der Waals surface area contributed by atoms with Crippen LogP contribution in [0.3, 0.4) is 0 Å². The first-order valence-electron chi connectivity index (χ1n) is 10.7. The van der Waals surface area contributed by atoms with Crippen LogP contribution < -0.4 is 10.9 Å². The molecule has 1 fully saturated rings. The van der Waals surface area contributed by atoms with E-state index in [-0.39, 0.29) is 23.8 Å². The van der Waals surface area contributed by atoms with Crippen molar-refractivity contribution >= 4 is 5.91 Å². The number of carbonyl (C=O) groups excluding carboxylic acids is 1. The molecule has 3 heterocycles. The van der Waals surface area contributed by atoms with Crippen LogP contribution in [0.5, 0.6) is 0 Å². The number of likely N-dealkylation sites (N-methyl/N-ethyl adjacent to an activating group) is 1. The van der Waals surface area contributed by atoms with Crippen molar-refractivity contribution in [3.8, 4) is 11.3 Å². The number of benzene rings is 1. The third-order valence-corrected chi connectivity index (χ3v) is 5.42. The van der Waals surface area contributed by atoms with Gasteiger partial charge in [-0.3, -0.25) is 9.59 Å². The molecule has 1 amide bonds. The van der Waals surface area contributed by atoms with Crippen molar-refractivity contribution < 1.29 is 9.32 Å². The maximum absolute atomic E-state index is 12.3. The minimum atomic E-state index is -0.416. The fourth-order valence-corrected chi connectivity index (χ4v) is 3.52. The molecule has 2 aromatic heterocycles. The van der Waals surface area contributed by atoms with Crippen LogP contribution in [-0.2, 0) is 6.54 Å². The first kappa shape index (κ1) is 21.8. The number of rotatable bonds is 8. The van der Waals surface area contributed by atoms with Crippen LogP contribution in [0.2, 0.25) is 0 Å². The first-order chi connectivity index (χ1) is 15.6. The third kappa shape index (κ3) is 5.65. The number of nitrogens with one attached hydrogen (secondary N) is 1. The molecule has 3 aromatic rings. The Bertz CT molecular complexity index is 1090. The van der Waals surface area contributed by atoms with E-state index in [1.807, 2.05) is 30.3 Å². The number of piperazine rings is 1. The zero-order valence-electron chi connectivity index (χ0n) is 18.1. The van der Waals surface area contributed by atoms with Gasteiger partial charge in [0.25, 0.3) is 5.56 Å². The van der Waals surface area contributed by atoms with Gasteiger partial charge < -0.3 is 19.6 Å². The van der Waals surface area contributed by atoms with Gasteiger partial charge in [-0.05, 0) is 26.1 Å². The Balaban J connectivity index is 1.30. The monoisotopic (exact) mass is 437 g/mol. The zero-order valence-corrected chi connectivity index (χ0v) is 18.1. The van der Waals surface area contributed by atoms with E-state index < -0.39 is 5.91 Å². The number of hydrogen-bond acceptors (Lipinski definition) is 8. The summed E-state index contributed by atoms with van der Waals surface area (Å²) < 4.78 is 6.33. The summed E-state index contributed by atoms with van der Waals surface area (Å²) in [5.74, 6) is -0.320. The molecular weight excluding hydrogens is 410 g/mol. The predicted octanol–water partition coefficient (Wildman–Crippen LogP) is 0.709. The Morgan fingerprint density at radius 1 is 1.09 bits per heavy atom. The number of aromatic nitrogens is 4. The highest BCUT2D eigenvalue weighted by Crippen LogP contribution is 2.14. The molecule has 1 aliphatic rings. The molecule has 0 spiro atoms. The Morgan fingerprint density at radius 3 is 2.66 bits per heavy atom. The lowest BCUT2D eigenvalue weighted by atomic mass is 10.1. The molecule has 4 rings (SSSR count). The van der Waals surface area contributed by atoms with Crippen molar-refractivity contribution in [1.82, 2.24) is 35.0 Å². The average molecular weight is 438 g/mol. The molecule has 1 aliphatic heterocycles. The van der Waals surface area contributed by atoms with E-state index in [2.05, 4.69) is 37.4 Å². The average Bonchev–Trinajstić information content (AvgIpc) is 3.28. The summed E-state index contributed by atoms with van der Waals surface area (Å²) in [5, 5.41) is 11.0. The fraction of sp³-hybridized carbons (Fsp3) is 0.409. The van der Waals surface area contributed by atoms with Gasteiger partial charge in [0.1, 0.15) is 6.54 Å². The van der Waals surface area contributed by atoms with Gasteiger partial charge in [-0.15, -0.1) is 0 Å². The SMILES string of the molecule is CN1CCN(CCCNC(=O)c2nc(Cn3nc(-c4ccccc4)ccc3=O)no2)CC1. The van der Waals surface area contributed by atoms with E-state index in [1.54, 1.807) is 6.07 Å². The lowest BCUT2D eigenvalue weighted by molar-refractivity contribution is 0.0905. The fourth-order valence-electron chi connectivity index (χ4n) is 3.52.